The Labute approximate surface area is 186 Å². The molecule has 1 unspecified atom stereocenters. The molecule has 0 saturated carbocycles. The molecule has 2 aliphatic heterocycles. The number of carbonyl (C=O) groups excluding carboxylic acids is 1. The predicted molar refractivity (Wildman–Crippen MR) is 118 cm³/mol. The molecule has 0 radical (unpaired) electrons. The summed E-state index contributed by atoms with van der Waals surface area (Å²) in [5.74, 6) is 1.43. The number of benzene rings is 1. The van der Waals surface area contributed by atoms with Gasteiger partial charge in [-0.1, -0.05) is 30.3 Å². The molecule has 1 aromatic carbocycles. The van der Waals surface area contributed by atoms with E-state index in [2.05, 4.69) is 16.0 Å². The van der Waals surface area contributed by atoms with Gasteiger partial charge in [0.15, 0.2) is 5.76 Å². The van der Waals surface area contributed by atoms with Gasteiger partial charge in [0.1, 0.15) is 12.1 Å². The normalized spacial score (nSPS) is 18.0. The number of anilines is 1. The summed E-state index contributed by atoms with van der Waals surface area (Å²) >= 11 is 0. The standard InChI is InChI=1S/C24H25N5O3/c25-17-19-24(32-22(26-19)20-9-6-16-31-20)29-14-12-27(13-15-29)21(18-7-2-1-3-8-18)23(30)28-10-4-5-11-28/h1-3,6-9,16,21H,4-5,10-15H2. The lowest BCUT2D eigenvalue weighted by Gasteiger charge is -2.39. The molecule has 4 heterocycles. The number of piperazine rings is 1. The third-order valence-corrected chi connectivity index (χ3v) is 6.18. The first-order chi connectivity index (χ1) is 15.7. The van der Waals surface area contributed by atoms with E-state index in [4.69, 9.17) is 8.83 Å². The van der Waals surface area contributed by atoms with Crippen LogP contribution in [0.3, 0.4) is 0 Å². The molecule has 1 amide bonds. The van der Waals surface area contributed by atoms with Crippen LogP contribution in [-0.4, -0.2) is 60.0 Å². The van der Waals surface area contributed by atoms with Gasteiger partial charge in [-0.25, -0.2) is 0 Å². The molecule has 2 fully saturated rings. The largest absolute Gasteiger partial charge is 0.459 e. The number of aromatic nitrogens is 1. The summed E-state index contributed by atoms with van der Waals surface area (Å²) in [5.41, 5.74) is 1.27. The van der Waals surface area contributed by atoms with Crippen LogP contribution in [0, 0.1) is 11.3 Å². The molecule has 0 bridgehead atoms. The van der Waals surface area contributed by atoms with E-state index in [1.54, 1.807) is 18.4 Å². The number of nitriles is 1. The molecule has 3 aromatic rings. The van der Waals surface area contributed by atoms with E-state index in [9.17, 15) is 10.1 Å². The highest BCUT2D eigenvalue weighted by Crippen LogP contribution is 2.31. The summed E-state index contributed by atoms with van der Waals surface area (Å²) in [6, 6.07) is 15.4. The molecule has 8 heteroatoms. The van der Waals surface area contributed by atoms with Crippen molar-refractivity contribution in [3.05, 3.63) is 60.0 Å². The molecule has 2 aromatic heterocycles. The van der Waals surface area contributed by atoms with Crippen molar-refractivity contribution < 1.29 is 13.6 Å². The second-order valence-electron chi connectivity index (χ2n) is 8.13. The molecule has 2 saturated heterocycles. The molecular formula is C24H25N5O3. The number of hydrogen-bond acceptors (Lipinski definition) is 7. The zero-order valence-corrected chi connectivity index (χ0v) is 17.8. The summed E-state index contributed by atoms with van der Waals surface area (Å²) < 4.78 is 11.3. The monoisotopic (exact) mass is 431 g/mol. The fourth-order valence-electron chi connectivity index (χ4n) is 4.54. The minimum Gasteiger partial charge on any atom is -0.459 e. The van der Waals surface area contributed by atoms with E-state index in [-0.39, 0.29) is 17.6 Å². The van der Waals surface area contributed by atoms with Gasteiger partial charge >= 0.3 is 0 Å². The summed E-state index contributed by atoms with van der Waals surface area (Å²) in [5, 5.41) is 9.55. The summed E-state index contributed by atoms with van der Waals surface area (Å²) in [4.78, 5) is 24.0. The van der Waals surface area contributed by atoms with Gasteiger partial charge < -0.3 is 18.6 Å². The van der Waals surface area contributed by atoms with Crippen molar-refractivity contribution in [1.29, 1.82) is 5.26 Å². The Bertz CT molecular complexity index is 1090. The number of oxazole rings is 1. The summed E-state index contributed by atoms with van der Waals surface area (Å²) in [7, 11) is 0. The topological polar surface area (TPSA) is 89.7 Å². The van der Waals surface area contributed by atoms with Gasteiger partial charge in [0.05, 0.1) is 6.26 Å². The van der Waals surface area contributed by atoms with E-state index in [1.165, 1.54) is 0 Å². The Morgan fingerprint density at radius 1 is 1.00 bits per heavy atom. The molecule has 2 aliphatic rings. The van der Waals surface area contributed by atoms with Crippen molar-refractivity contribution in [1.82, 2.24) is 14.8 Å². The van der Waals surface area contributed by atoms with Crippen LogP contribution in [0.4, 0.5) is 5.88 Å². The lowest BCUT2D eigenvalue weighted by atomic mass is 10.0. The van der Waals surface area contributed by atoms with E-state index < -0.39 is 0 Å². The Balaban J connectivity index is 1.34. The minimum atomic E-state index is -0.291. The van der Waals surface area contributed by atoms with Crippen LogP contribution in [0.1, 0.15) is 30.1 Å². The average Bonchev–Trinajstić information content (AvgIpc) is 3.62. The van der Waals surface area contributed by atoms with E-state index in [0.29, 0.717) is 43.7 Å². The highest BCUT2D eigenvalue weighted by molar-refractivity contribution is 5.83. The molecular weight excluding hydrogens is 406 g/mol. The van der Waals surface area contributed by atoms with Gasteiger partial charge in [0, 0.05) is 39.3 Å². The zero-order valence-electron chi connectivity index (χ0n) is 17.8. The first kappa shape index (κ1) is 20.3. The maximum Gasteiger partial charge on any atom is 0.266 e. The Morgan fingerprint density at radius 3 is 2.41 bits per heavy atom. The first-order valence-corrected chi connectivity index (χ1v) is 11.0. The lowest BCUT2D eigenvalue weighted by Crippen LogP contribution is -2.51. The summed E-state index contributed by atoms with van der Waals surface area (Å²) in [6.45, 7) is 4.31. The van der Waals surface area contributed by atoms with Crippen molar-refractivity contribution in [2.45, 2.75) is 18.9 Å². The highest BCUT2D eigenvalue weighted by atomic mass is 16.4. The van der Waals surface area contributed by atoms with Crippen molar-refractivity contribution >= 4 is 11.8 Å². The van der Waals surface area contributed by atoms with Gasteiger partial charge in [-0.2, -0.15) is 10.2 Å². The molecule has 0 N–H and O–H groups in total. The van der Waals surface area contributed by atoms with Crippen LogP contribution in [0.15, 0.2) is 57.6 Å². The van der Waals surface area contributed by atoms with Crippen LogP contribution >= 0.6 is 0 Å². The van der Waals surface area contributed by atoms with Crippen molar-refractivity contribution in [3.63, 3.8) is 0 Å². The van der Waals surface area contributed by atoms with Gasteiger partial charge in [0.25, 0.3) is 5.89 Å². The SMILES string of the molecule is N#Cc1nc(-c2ccco2)oc1N1CCN(C(C(=O)N2CCCC2)c2ccccc2)CC1. The fraction of sp³-hybridized carbons (Fsp3) is 0.375. The van der Waals surface area contributed by atoms with Crippen molar-refractivity contribution in [3.8, 4) is 17.7 Å². The van der Waals surface area contributed by atoms with E-state index >= 15 is 0 Å². The second kappa shape index (κ2) is 8.89. The number of carbonyl (C=O) groups is 1. The van der Waals surface area contributed by atoms with Crippen LogP contribution in [0.5, 0.6) is 0 Å². The first-order valence-electron chi connectivity index (χ1n) is 11.0. The molecule has 1 atom stereocenters. The van der Waals surface area contributed by atoms with Crippen LogP contribution in [-0.2, 0) is 4.79 Å². The van der Waals surface area contributed by atoms with Crippen LogP contribution in [0.2, 0.25) is 0 Å². The Hall–Kier alpha value is -3.57. The molecule has 0 spiro atoms. The number of likely N-dealkylation sites (tertiary alicyclic amines) is 1. The highest BCUT2D eigenvalue weighted by Gasteiger charge is 2.35. The van der Waals surface area contributed by atoms with E-state index in [0.717, 1.165) is 31.5 Å². The zero-order chi connectivity index (χ0) is 21.9. The lowest BCUT2D eigenvalue weighted by molar-refractivity contribution is -0.136. The fourth-order valence-corrected chi connectivity index (χ4v) is 4.54. The molecule has 164 valence electrons. The number of furan rings is 1. The Morgan fingerprint density at radius 2 is 1.75 bits per heavy atom. The Kier molecular flexibility index (Phi) is 5.65. The number of nitrogens with zero attached hydrogens (tertiary/aromatic N) is 5. The smallest absolute Gasteiger partial charge is 0.266 e. The molecule has 0 aliphatic carbocycles. The van der Waals surface area contributed by atoms with Gasteiger partial charge in [0.2, 0.25) is 17.5 Å². The van der Waals surface area contributed by atoms with Crippen molar-refractivity contribution in [2.24, 2.45) is 0 Å². The number of rotatable bonds is 5. The molecule has 8 nitrogen and oxygen atoms in total. The minimum absolute atomic E-state index is 0.180. The van der Waals surface area contributed by atoms with Gasteiger partial charge in [-0.3, -0.25) is 9.69 Å². The second-order valence-corrected chi connectivity index (χ2v) is 8.13. The van der Waals surface area contributed by atoms with Gasteiger partial charge in [-0.05, 0) is 30.5 Å². The average molecular weight is 431 g/mol. The van der Waals surface area contributed by atoms with E-state index in [1.807, 2.05) is 40.1 Å². The predicted octanol–water partition coefficient (Wildman–Crippen LogP) is 3.29. The third kappa shape index (κ3) is 3.87. The molecule has 5 rings (SSSR count). The number of hydrogen-bond donors (Lipinski definition) is 0. The maximum absolute atomic E-state index is 13.4. The van der Waals surface area contributed by atoms with Crippen molar-refractivity contribution in [2.75, 3.05) is 44.2 Å². The summed E-state index contributed by atoms with van der Waals surface area (Å²) in [6.07, 6.45) is 3.69. The van der Waals surface area contributed by atoms with Gasteiger partial charge in [-0.15, -0.1) is 0 Å². The van der Waals surface area contributed by atoms with Crippen LogP contribution in [0.25, 0.3) is 11.7 Å². The molecule has 32 heavy (non-hydrogen) atoms. The quantitative estimate of drug-likeness (QED) is 0.612. The third-order valence-electron chi connectivity index (χ3n) is 6.18. The number of amides is 1. The maximum atomic E-state index is 13.4. The van der Waals surface area contributed by atoms with Crippen LogP contribution < -0.4 is 4.90 Å².